The summed E-state index contributed by atoms with van der Waals surface area (Å²) in [7, 11) is 0. The van der Waals surface area contributed by atoms with E-state index in [1.54, 1.807) is 6.07 Å². The molecule has 0 fully saturated rings. The molecule has 0 atom stereocenters. The lowest BCUT2D eigenvalue weighted by Gasteiger charge is -2.14. The number of hydrogen-bond acceptors (Lipinski definition) is 2. The zero-order chi connectivity index (χ0) is 19.7. The first-order valence-corrected chi connectivity index (χ1v) is 9.29. The highest BCUT2D eigenvalue weighted by Gasteiger charge is 2.11. The zero-order valence-electron chi connectivity index (χ0n) is 16.0. The molecule has 0 aliphatic heterocycles. The van der Waals surface area contributed by atoms with E-state index in [2.05, 4.69) is 51.4 Å². The molecule has 0 saturated heterocycles. The topological polar surface area (TPSA) is 65.8 Å². The average Bonchev–Trinajstić information content (AvgIpc) is 3.37. The molecule has 0 radical (unpaired) electrons. The third kappa shape index (κ3) is 3.11. The molecule has 2 N–H and O–H groups in total. The quantitative estimate of drug-likeness (QED) is 0.569. The lowest BCUT2D eigenvalue weighted by molar-refractivity contribution is 0.1000. The molecular formula is C23H22N4O. The molecule has 0 bridgehead atoms. The summed E-state index contributed by atoms with van der Waals surface area (Å²) < 4.78 is 4.24. The first-order valence-electron chi connectivity index (χ1n) is 9.29. The number of aromatic nitrogens is 3. The van der Waals surface area contributed by atoms with Gasteiger partial charge in [0.1, 0.15) is 5.82 Å². The third-order valence-corrected chi connectivity index (χ3v) is 4.96. The lowest BCUT2D eigenvalue weighted by atomic mass is 10.1. The van der Waals surface area contributed by atoms with Gasteiger partial charge in [0.15, 0.2) is 0 Å². The number of nitrogens with two attached hydrogens (primary N) is 1. The molecule has 5 heteroatoms. The van der Waals surface area contributed by atoms with Crippen molar-refractivity contribution in [3.05, 3.63) is 90.1 Å². The number of carbonyl (C=O) groups excluding carboxylic acids is 1. The minimum atomic E-state index is -0.413. The normalized spacial score (nSPS) is 10.9. The number of primary amides is 1. The van der Waals surface area contributed by atoms with Crippen LogP contribution in [0.5, 0.6) is 0 Å². The minimum absolute atomic E-state index is 0.413. The average molecular weight is 370 g/mol. The Balaban J connectivity index is 1.71. The van der Waals surface area contributed by atoms with Gasteiger partial charge in [-0.05, 0) is 60.5 Å². The maximum Gasteiger partial charge on any atom is 0.248 e. The van der Waals surface area contributed by atoms with Gasteiger partial charge in [0.2, 0.25) is 5.91 Å². The van der Waals surface area contributed by atoms with Gasteiger partial charge in [0, 0.05) is 41.9 Å². The van der Waals surface area contributed by atoms with Crippen LogP contribution in [0.4, 0.5) is 0 Å². The van der Waals surface area contributed by atoms with Crippen molar-refractivity contribution >= 4 is 5.91 Å². The summed E-state index contributed by atoms with van der Waals surface area (Å²) in [6, 6.07) is 18.1. The van der Waals surface area contributed by atoms with Gasteiger partial charge in [-0.15, -0.1) is 0 Å². The summed E-state index contributed by atoms with van der Waals surface area (Å²) >= 11 is 0. The lowest BCUT2D eigenvalue weighted by Crippen LogP contribution is -2.11. The molecule has 140 valence electrons. The summed E-state index contributed by atoms with van der Waals surface area (Å²) in [5.74, 6) is 0.630. The maximum absolute atomic E-state index is 11.4. The molecule has 0 aliphatic rings. The van der Waals surface area contributed by atoms with Crippen molar-refractivity contribution in [3.63, 3.8) is 0 Å². The summed E-state index contributed by atoms with van der Waals surface area (Å²) in [4.78, 5) is 15.8. The Morgan fingerprint density at radius 1 is 1.04 bits per heavy atom. The van der Waals surface area contributed by atoms with E-state index in [9.17, 15) is 4.79 Å². The fourth-order valence-electron chi connectivity index (χ4n) is 3.53. The van der Waals surface area contributed by atoms with Crippen molar-refractivity contribution < 1.29 is 4.79 Å². The summed E-state index contributed by atoms with van der Waals surface area (Å²) in [6.45, 7) is 4.09. The van der Waals surface area contributed by atoms with Gasteiger partial charge in [0.25, 0.3) is 0 Å². The highest BCUT2D eigenvalue weighted by molar-refractivity contribution is 5.93. The standard InChI is InChI=1S/C23H22N4O/c1-3-22-25-12-14-26(22)19-9-6-17(7-10-19)21-5-4-13-27(21)20-11-8-18(23(24)28)15-16(20)2/h4-15H,3H2,1-2H3,(H2,24,28). The summed E-state index contributed by atoms with van der Waals surface area (Å²) in [6.07, 6.45) is 6.73. The molecular weight excluding hydrogens is 348 g/mol. The fourth-order valence-corrected chi connectivity index (χ4v) is 3.53. The van der Waals surface area contributed by atoms with Gasteiger partial charge in [-0.25, -0.2) is 4.98 Å². The van der Waals surface area contributed by atoms with Crippen molar-refractivity contribution in [2.24, 2.45) is 5.73 Å². The van der Waals surface area contributed by atoms with E-state index in [-0.39, 0.29) is 0 Å². The van der Waals surface area contributed by atoms with Crippen LogP contribution in [0.25, 0.3) is 22.6 Å². The SMILES string of the molecule is CCc1nccn1-c1ccc(-c2cccn2-c2ccc(C(N)=O)cc2C)cc1. The van der Waals surface area contributed by atoms with Crippen molar-refractivity contribution in [2.45, 2.75) is 20.3 Å². The molecule has 4 aromatic rings. The predicted molar refractivity (Wildman–Crippen MR) is 111 cm³/mol. The highest BCUT2D eigenvalue weighted by atomic mass is 16.1. The summed E-state index contributed by atoms with van der Waals surface area (Å²) in [5.41, 5.74) is 11.2. The highest BCUT2D eigenvalue weighted by Crippen LogP contribution is 2.27. The van der Waals surface area contributed by atoms with E-state index >= 15 is 0 Å². The molecule has 2 heterocycles. The Morgan fingerprint density at radius 3 is 2.50 bits per heavy atom. The van der Waals surface area contributed by atoms with Gasteiger partial charge in [-0.1, -0.05) is 19.1 Å². The molecule has 2 aromatic carbocycles. The number of imidazole rings is 1. The number of benzene rings is 2. The molecule has 5 nitrogen and oxygen atoms in total. The number of amides is 1. The van der Waals surface area contributed by atoms with Crippen LogP contribution in [0.2, 0.25) is 0 Å². The monoisotopic (exact) mass is 370 g/mol. The molecule has 2 aromatic heterocycles. The van der Waals surface area contributed by atoms with Crippen molar-refractivity contribution in [2.75, 3.05) is 0 Å². The van der Waals surface area contributed by atoms with Crippen LogP contribution in [0.15, 0.2) is 73.2 Å². The molecule has 0 unspecified atom stereocenters. The number of hydrogen-bond donors (Lipinski definition) is 1. The van der Waals surface area contributed by atoms with Crippen molar-refractivity contribution in [1.82, 2.24) is 14.1 Å². The second kappa shape index (κ2) is 7.19. The Labute approximate surface area is 164 Å². The van der Waals surface area contributed by atoms with Gasteiger partial charge in [-0.3, -0.25) is 4.79 Å². The van der Waals surface area contributed by atoms with Gasteiger partial charge in [0.05, 0.1) is 5.69 Å². The van der Waals surface area contributed by atoms with E-state index in [1.807, 2.05) is 43.7 Å². The third-order valence-electron chi connectivity index (χ3n) is 4.96. The Morgan fingerprint density at radius 2 is 1.82 bits per heavy atom. The first-order chi connectivity index (χ1) is 13.6. The molecule has 0 spiro atoms. The fraction of sp³-hybridized carbons (Fsp3) is 0.130. The maximum atomic E-state index is 11.4. The Bertz CT molecular complexity index is 1140. The largest absolute Gasteiger partial charge is 0.366 e. The van der Waals surface area contributed by atoms with Crippen LogP contribution in [0, 0.1) is 6.92 Å². The Kier molecular flexibility index (Phi) is 4.57. The van der Waals surface area contributed by atoms with E-state index in [4.69, 9.17) is 5.73 Å². The van der Waals surface area contributed by atoms with Crippen LogP contribution >= 0.6 is 0 Å². The number of nitrogens with zero attached hydrogens (tertiary/aromatic N) is 3. The van der Waals surface area contributed by atoms with Crippen LogP contribution in [-0.2, 0) is 6.42 Å². The first kappa shape index (κ1) is 17.8. The molecule has 4 rings (SSSR count). The van der Waals surface area contributed by atoms with Crippen molar-refractivity contribution in [3.8, 4) is 22.6 Å². The zero-order valence-corrected chi connectivity index (χ0v) is 16.0. The smallest absolute Gasteiger partial charge is 0.248 e. The van der Waals surface area contributed by atoms with Gasteiger partial charge in [-0.2, -0.15) is 0 Å². The Hall–Kier alpha value is -3.60. The van der Waals surface area contributed by atoms with E-state index < -0.39 is 5.91 Å². The molecule has 0 aliphatic carbocycles. The van der Waals surface area contributed by atoms with E-state index in [0.29, 0.717) is 5.56 Å². The van der Waals surface area contributed by atoms with Crippen LogP contribution in [0.1, 0.15) is 28.7 Å². The molecule has 1 amide bonds. The number of rotatable bonds is 5. The minimum Gasteiger partial charge on any atom is -0.366 e. The van der Waals surface area contributed by atoms with Gasteiger partial charge >= 0.3 is 0 Å². The van der Waals surface area contributed by atoms with E-state index in [1.165, 1.54) is 0 Å². The van der Waals surface area contributed by atoms with Gasteiger partial charge < -0.3 is 14.9 Å². The second-order valence-electron chi connectivity index (χ2n) is 6.74. The van der Waals surface area contributed by atoms with E-state index in [0.717, 1.165) is 40.4 Å². The number of carbonyl (C=O) groups is 1. The number of aryl methyl sites for hydroxylation is 2. The second-order valence-corrected chi connectivity index (χ2v) is 6.74. The van der Waals surface area contributed by atoms with Crippen LogP contribution < -0.4 is 5.73 Å². The molecule has 28 heavy (non-hydrogen) atoms. The van der Waals surface area contributed by atoms with Crippen molar-refractivity contribution in [1.29, 1.82) is 0 Å². The predicted octanol–water partition coefficient (Wildman–Crippen LogP) is 4.30. The van der Waals surface area contributed by atoms with Crippen LogP contribution in [-0.4, -0.2) is 20.0 Å². The van der Waals surface area contributed by atoms with Crippen LogP contribution in [0.3, 0.4) is 0 Å². The molecule has 0 saturated carbocycles. The summed E-state index contributed by atoms with van der Waals surface area (Å²) in [5, 5.41) is 0.